The van der Waals surface area contributed by atoms with E-state index in [0.717, 1.165) is 19.3 Å². The summed E-state index contributed by atoms with van der Waals surface area (Å²) in [6.07, 6.45) is 5.80. The second kappa shape index (κ2) is 11.0. The molecule has 18 heavy (non-hydrogen) atoms. The molecule has 0 heterocycles. The number of carboxylic acids is 1. The molecule has 0 aromatic heterocycles. The summed E-state index contributed by atoms with van der Waals surface area (Å²) >= 11 is 0. The van der Waals surface area contributed by atoms with Crippen LogP contribution in [0.25, 0.3) is 0 Å². The van der Waals surface area contributed by atoms with Gasteiger partial charge < -0.3 is 14.7 Å². The van der Waals surface area contributed by atoms with E-state index < -0.39 is 5.97 Å². The first-order valence-electron chi connectivity index (χ1n) is 6.60. The van der Waals surface area contributed by atoms with Crippen molar-refractivity contribution in [1.29, 1.82) is 0 Å². The van der Waals surface area contributed by atoms with Crippen molar-refractivity contribution in [2.75, 3.05) is 26.8 Å². The highest BCUT2D eigenvalue weighted by molar-refractivity contribution is 5.81. The fourth-order valence-electron chi connectivity index (χ4n) is 1.69. The molecular weight excluding hydrogens is 234 g/mol. The fourth-order valence-corrected chi connectivity index (χ4v) is 1.69. The van der Waals surface area contributed by atoms with Crippen molar-refractivity contribution in [2.24, 2.45) is 0 Å². The van der Waals surface area contributed by atoms with Gasteiger partial charge in [-0.1, -0.05) is 32.6 Å². The van der Waals surface area contributed by atoms with Gasteiger partial charge in [-0.2, -0.15) is 0 Å². The summed E-state index contributed by atoms with van der Waals surface area (Å²) in [5.74, 6) is -1.07. The van der Waals surface area contributed by atoms with E-state index in [2.05, 4.69) is 6.92 Å². The predicted molar refractivity (Wildman–Crippen MR) is 69.5 cm³/mol. The number of methoxy groups -OCH3 is 1. The Labute approximate surface area is 109 Å². The molecule has 0 aliphatic rings. The number of carbonyl (C=O) groups is 2. The zero-order chi connectivity index (χ0) is 13.8. The standard InChI is InChI=1S/C13H25NO4/c1-3-4-5-6-7-8-12(15)14(9-10-18-2)11-13(16)17/h3-11H2,1-2H3,(H,16,17). The van der Waals surface area contributed by atoms with Crippen molar-refractivity contribution in [3.63, 3.8) is 0 Å². The molecule has 0 saturated carbocycles. The highest BCUT2D eigenvalue weighted by Gasteiger charge is 2.15. The Balaban J connectivity index is 3.92. The second-order valence-electron chi connectivity index (χ2n) is 4.37. The van der Waals surface area contributed by atoms with Crippen molar-refractivity contribution in [2.45, 2.75) is 45.4 Å². The summed E-state index contributed by atoms with van der Waals surface area (Å²) in [5, 5.41) is 8.74. The highest BCUT2D eigenvalue weighted by Crippen LogP contribution is 2.07. The summed E-state index contributed by atoms with van der Waals surface area (Å²) < 4.78 is 4.87. The zero-order valence-electron chi connectivity index (χ0n) is 11.5. The van der Waals surface area contributed by atoms with E-state index in [1.54, 1.807) is 0 Å². The number of hydrogen-bond donors (Lipinski definition) is 1. The number of ether oxygens (including phenoxy) is 1. The minimum absolute atomic E-state index is 0.0917. The smallest absolute Gasteiger partial charge is 0.323 e. The number of unbranched alkanes of at least 4 members (excludes halogenated alkanes) is 4. The zero-order valence-corrected chi connectivity index (χ0v) is 11.5. The van der Waals surface area contributed by atoms with Crippen molar-refractivity contribution < 1.29 is 19.4 Å². The Morgan fingerprint density at radius 1 is 1.17 bits per heavy atom. The molecule has 5 nitrogen and oxygen atoms in total. The van der Waals surface area contributed by atoms with Crippen LogP contribution in [0.2, 0.25) is 0 Å². The third-order valence-electron chi connectivity index (χ3n) is 2.74. The second-order valence-corrected chi connectivity index (χ2v) is 4.37. The predicted octanol–water partition coefficient (Wildman–Crippen LogP) is 1.91. The van der Waals surface area contributed by atoms with Crippen LogP contribution >= 0.6 is 0 Å². The molecule has 5 heteroatoms. The van der Waals surface area contributed by atoms with E-state index in [0.29, 0.717) is 19.6 Å². The summed E-state index contributed by atoms with van der Waals surface area (Å²) in [5.41, 5.74) is 0. The SMILES string of the molecule is CCCCCCCC(=O)N(CCOC)CC(=O)O. The Hall–Kier alpha value is -1.10. The normalized spacial score (nSPS) is 10.3. The summed E-state index contributed by atoms with van der Waals surface area (Å²) in [7, 11) is 1.54. The van der Waals surface area contributed by atoms with Gasteiger partial charge >= 0.3 is 5.97 Å². The van der Waals surface area contributed by atoms with Crippen LogP contribution in [0.4, 0.5) is 0 Å². The first-order chi connectivity index (χ1) is 8.61. The maximum Gasteiger partial charge on any atom is 0.323 e. The molecule has 0 aliphatic heterocycles. The Kier molecular flexibility index (Phi) is 10.3. The van der Waals surface area contributed by atoms with Crippen LogP contribution in [-0.2, 0) is 14.3 Å². The number of hydrogen-bond acceptors (Lipinski definition) is 3. The Morgan fingerprint density at radius 3 is 2.39 bits per heavy atom. The molecule has 0 atom stereocenters. The number of carboxylic acid groups (broad SMARTS) is 1. The van der Waals surface area contributed by atoms with Gasteiger partial charge in [-0.25, -0.2) is 0 Å². The maximum absolute atomic E-state index is 11.8. The lowest BCUT2D eigenvalue weighted by Crippen LogP contribution is -2.37. The largest absolute Gasteiger partial charge is 0.480 e. The van der Waals surface area contributed by atoms with E-state index in [1.165, 1.54) is 24.9 Å². The molecule has 0 spiro atoms. The molecule has 0 aromatic rings. The topological polar surface area (TPSA) is 66.8 Å². The van der Waals surface area contributed by atoms with Crippen LogP contribution in [-0.4, -0.2) is 48.7 Å². The molecule has 0 bridgehead atoms. The third-order valence-corrected chi connectivity index (χ3v) is 2.74. The quantitative estimate of drug-likeness (QED) is 0.575. The molecule has 106 valence electrons. The van der Waals surface area contributed by atoms with Crippen LogP contribution in [0.1, 0.15) is 45.4 Å². The van der Waals surface area contributed by atoms with E-state index >= 15 is 0 Å². The van der Waals surface area contributed by atoms with Gasteiger partial charge in [0.15, 0.2) is 0 Å². The molecule has 0 saturated heterocycles. The monoisotopic (exact) mass is 259 g/mol. The van der Waals surface area contributed by atoms with E-state index in [-0.39, 0.29) is 12.5 Å². The van der Waals surface area contributed by atoms with Crippen LogP contribution < -0.4 is 0 Å². The summed E-state index contributed by atoms with van der Waals surface area (Å²) in [6.45, 7) is 2.62. The van der Waals surface area contributed by atoms with Gasteiger partial charge in [0, 0.05) is 20.1 Å². The lowest BCUT2D eigenvalue weighted by atomic mass is 10.1. The molecular formula is C13H25NO4. The summed E-state index contributed by atoms with van der Waals surface area (Å²) in [6, 6.07) is 0. The number of nitrogens with zero attached hydrogens (tertiary/aromatic N) is 1. The molecule has 0 fully saturated rings. The molecule has 0 rings (SSSR count). The van der Waals surface area contributed by atoms with Gasteiger partial charge in [0.2, 0.25) is 5.91 Å². The lowest BCUT2D eigenvalue weighted by Gasteiger charge is -2.20. The number of aliphatic carboxylic acids is 1. The van der Waals surface area contributed by atoms with Gasteiger partial charge in [0.1, 0.15) is 6.54 Å². The van der Waals surface area contributed by atoms with Crippen LogP contribution in [0, 0.1) is 0 Å². The third kappa shape index (κ3) is 8.98. The first kappa shape index (κ1) is 16.9. The van der Waals surface area contributed by atoms with Crippen molar-refractivity contribution in [3.8, 4) is 0 Å². The first-order valence-corrected chi connectivity index (χ1v) is 6.60. The summed E-state index contributed by atoms with van der Waals surface area (Å²) in [4.78, 5) is 23.8. The van der Waals surface area contributed by atoms with E-state index in [1.807, 2.05) is 0 Å². The average Bonchev–Trinajstić information content (AvgIpc) is 2.33. The Bertz CT molecular complexity index is 243. The van der Waals surface area contributed by atoms with Gasteiger partial charge in [-0.15, -0.1) is 0 Å². The van der Waals surface area contributed by atoms with E-state index in [4.69, 9.17) is 9.84 Å². The van der Waals surface area contributed by atoms with Crippen LogP contribution in [0.15, 0.2) is 0 Å². The van der Waals surface area contributed by atoms with Crippen molar-refractivity contribution in [3.05, 3.63) is 0 Å². The van der Waals surface area contributed by atoms with Crippen LogP contribution in [0.3, 0.4) is 0 Å². The van der Waals surface area contributed by atoms with Gasteiger partial charge in [0.25, 0.3) is 0 Å². The molecule has 1 amide bonds. The molecule has 0 aromatic carbocycles. The number of amides is 1. The molecule has 0 unspecified atom stereocenters. The Morgan fingerprint density at radius 2 is 1.83 bits per heavy atom. The molecule has 1 N–H and O–H groups in total. The minimum Gasteiger partial charge on any atom is -0.480 e. The van der Waals surface area contributed by atoms with Crippen molar-refractivity contribution >= 4 is 11.9 Å². The number of rotatable bonds is 11. The van der Waals surface area contributed by atoms with Gasteiger partial charge in [-0.05, 0) is 6.42 Å². The molecule has 0 radical (unpaired) electrons. The van der Waals surface area contributed by atoms with E-state index in [9.17, 15) is 9.59 Å². The van der Waals surface area contributed by atoms with Gasteiger partial charge in [-0.3, -0.25) is 9.59 Å². The van der Waals surface area contributed by atoms with Crippen molar-refractivity contribution in [1.82, 2.24) is 4.90 Å². The van der Waals surface area contributed by atoms with Crippen LogP contribution in [0.5, 0.6) is 0 Å². The highest BCUT2D eigenvalue weighted by atomic mass is 16.5. The lowest BCUT2D eigenvalue weighted by molar-refractivity contribution is -0.144. The number of carbonyl (C=O) groups excluding carboxylic acids is 1. The molecule has 0 aliphatic carbocycles. The maximum atomic E-state index is 11.8. The average molecular weight is 259 g/mol. The fraction of sp³-hybridized carbons (Fsp3) is 0.846. The minimum atomic E-state index is -0.981. The van der Waals surface area contributed by atoms with Gasteiger partial charge in [0.05, 0.1) is 6.61 Å².